The van der Waals surface area contributed by atoms with E-state index in [0.717, 1.165) is 50.2 Å². The number of rotatable bonds is 6. The number of guanidine groups is 1. The smallest absolute Gasteiger partial charge is 0.194 e. The molecule has 1 aromatic heterocycles. The van der Waals surface area contributed by atoms with Crippen LogP contribution in [0.3, 0.4) is 0 Å². The number of ether oxygens (including phenoxy) is 1. The van der Waals surface area contributed by atoms with Crippen molar-refractivity contribution in [2.45, 2.75) is 64.0 Å². The van der Waals surface area contributed by atoms with Gasteiger partial charge >= 0.3 is 0 Å². The number of morpholine rings is 1. The van der Waals surface area contributed by atoms with Crippen LogP contribution in [0.1, 0.15) is 63.5 Å². The molecule has 0 amide bonds. The normalized spacial score (nSPS) is 27.0. The van der Waals surface area contributed by atoms with Gasteiger partial charge in [0.1, 0.15) is 6.10 Å². The fourth-order valence-corrected chi connectivity index (χ4v) is 5.31. The number of aliphatic imine (C=N–C) groups is 1. The van der Waals surface area contributed by atoms with Crippen LogP contribution in [0, 0.1) is 5.92 Å². The van der Waals surface area contributed by atoms with Crippen molar-refractivity contribution in [3.63, 3.8) is 0 Å². The second-order valence-electron chi connectivity index (χ2n) is 9.24. The van der Waals surface area contributed by atoms with E-state index in [-0.39, 0.29) is 6.10 Å². The molecule has 7 nitrogen and oxygen atoms in total. The predicted octanol–water partition coefficient (Wildman–Crippen LogP) is 2.80. The summed E-state index contributed by atoms with van der Waals surface area (Å²) < 4.78 is 7.87. The summed E-state index contributed by atoms with van der Waals surface area (Å²) >= 11 is 0. The van der Waals surface area contributed by atoms with E-state index in [2.05, 4.69) is 33.3 Å². The van der Waals surface area contributed by atoms with Crippen LogP contribution in [0.4, 0.5) is 0 Å². The van der Waals surface area contributed by atoms with E-state index in [9.17, 15) is 0 Å². The molecule has 3 heterocycles. The van der Waals surface area contributed by atoms with Gasteiger partial charge in [0.25, 0.3) is 0 Å². The molecule has 2 atom stereocenters. The maximum Gasteiger partial charge on any atom is 0.194 e. The second-order valence-corrected chi connectivity index (χ2v) is 9.24. The minimum atomic E-state index is 0.0607. The largest absolute Gasteiger partial charge is 0.370 e. The lowest BCUT2D eigenvalue weighted by Crippen LogP contribution is -2.48. The summed E-state index contributed by atoms with van der Waals surface area (Å²) in [6.07, 6.45) is 13.8. The Balaban J connectivity index is 1.36. The van der Waals surface area contributed by atoms with E-state index in [1.807, 2.05) is 17.9 Å². The first-order valence-electron chi connectivity index (χ1n) is 12.1. The third-order valence-corrected chi connectivity index (χ3v) is 6.97. The topological polar surface area (TPSA) is 57.9 Å². The predicted molar refractivity (Wildman–Crippen MR) is 121 cm³/mol. The van der Waals surface area contributed by atoms with Crippen molar-refractivity contribution >= 4 is 5.96 Å². The summed E-state index contributed by atoms with van der Waals surface area (Å²) in [7, 11) is 1.95. The zero-order valence-electron chi connectivity index (χ0n) is 18.9. The molecule has 4 rings (SSSR count). The zero-order valence-corrected chi connectivity index (χ0v) is 18.9. The molecule has 0 spiro atoms. The zero-order chi connectivity index (χ0) is 20.8. The summed E-state index contributed by atoms with van der Waals surface area (Å²) in [5.74, 6) is 1.95. The van der Waals surface area contributed by atoms with Gasteiger partial charge in [-0.25, -0.2) is 0 Å². The molecule has 1 N–H and O–H groups in total. The molecule has 3 aliphatic rings. The first kappa shape index (κ1) is 21.6. The van der Waals surface area contributed by atoms with Crippen LogP contribution < -0.4 is 5.32 Å². The molecular weight excluding hydrogens is 376 g/mol. The Morgan fingerprint density at radius 3 is 2.83 bits per heavy atom. The van der Waals surface area contributed by atoms with Gasteiger partial charge in [0.2, 0.25) is 0 Å². The van der Waals surface area contributed by atoms with Crippen LogP contribution in [-0.4, -0.2) is 77.5 Å². The molecular formula is C23H40N6O. The first-order chi connectivity index (χ1) is 14.7. The number of hydrogen-bond acceptors (Lipinski definition) is 4. The van der Waals surface area contributed by atoms with Crippen LogP contribution in [0.2, 0.25) is 0 Å². The molecule has 0 aromatic carbocycles. The van der Waals surface area contributed by atoms with E-state index in [0.29, 0.717) is 6.04 Å². The van der Waals surface area contributed by atoms with Gasteiger partial charge in [-0.3, -0.25) is 14.6 Å². The molecule has 168 valence electrons. The van der Waals surface area contributed by atoms with Gasteiger partial charge in [0.15, 0.2) is 5.96 Å². The fourth-order valence-electron chi connectivity index (χ4n) is 5.31. The van der Waals surface area contributed by atoms with E-state index in [1.54, 1.807) is 0 Å². The van der Waals surface area contributed by atoms with Crippen LogP contribution in [-0.2, 0) is 11.8 Å². The highest BCUT2D eigenvalue weighted by molar-refractivity contribution is 5.80. The van der Waals surface area contributed by atoms with Gasteiger partial charge in [0, 0.05) is 44.5 Å². The quantitative estimate of drug-likeness (QED) is 0.571. The molecule has 2 unspecified atom stereocenters. The Kier molecular flexibility index (Phi) is 7.66. The molecule has 1 aliphatic carbocycles. The van der Waals surface area contributed by atoms with Crippen molar-refractivity contribution < 1.29 is 4.74 Å². The van der Waals surface area contributed by atoms with E-state index in [1.165, 1.54) is 58.0 Å². The highest BCUT2D eigenvalue weighted by Gasteiger charge is 2.29. The van der Waals surface area contributed by atoms with Crippen molar-refractivity contribution in [2.24, 2.45) is 18.0 Å². The lowest BCUT2D eigenvalue weighted by atomic mass is 9.89. The number of nitrogens with one attached hydrogen (secondary N) is 1. The number of nitrogens with zero attached hydrogens (tertiary/aromatic N) is 5. The summed E-state index contributed by atoms with van der Waals surface area (Å²) in [5, 5.41) is 7.84. The summed E-state index contributed by atoms with van der Waals surface area (Å²) in [6.45, 7) is 8.94. The van der Waals surface area contributed by atoms with E-state index >= 15 is 0 Å². The summed E-state index contributed by atoms with van der Waals surface area (Å²) in [4.78, 5) is 10.2. The first-order valence-corrected chi connectivity index (χ1v) is 12.1. The molecule has 7 heteroatoms. The molecule has 1 saturated carbocycles. The lowest BCUT2D eigenvalue weighted by molar-refractivity contribution is -0.00807. The van der Waals surface area contributed by atoms with Crippen molar-refractivity contribution in [1.82, 2.24) is 24.9 Å². The van der Waals surface area contributed by atoms with Gasteiger partial charge in [-0.2, -0.15) is 5.10 Å². The van der Waals surface area contributed by atoms with Gasteiger partial charge in [-0.05, 0) is 45.1 Å². The minimum absolute atomic E-state index is 0.0607. The minimum Gasteiger partial charge on any atom is -0.370 e. The third-order valence-electron chi connectivity index (χ3n) is 6.97. The maximum atomic E-state index is 6.03. The summed E-state index contributed by atoms with van der Waals surface area (Å²) in [5.41, 5.74) is 1.15. The Labute approximate surface area is 181 Å². The number of aromatic nitrogens is 2. The highest BCUT2D eigenvalue weighted by Crippen LogP contribution is 2.28. The van der Waals surface area contributed by atoms with Gasteiger partial charge in [-0.1, -0.05) is 19.3 Å². The van der Waals surface area contributed by atoms with Crippen molar-refractivity contribution in [3.05, 3.63) is 18.0 Å². The fraction of sp³-hybridized carbons (Fsp3) is 0.826. The van der Waals surface area contributed by atoms with Crippen LogP contribution in [0.15, 0.2) is 17.4 Å². The second kappa shape index (κ2) is 10.6. The van der Waals surface area contributed by atoms with Crippen molar-refractivity contribution in [1.29, 1.82) is 0 Å². The van der Waals surface area contributed by atoms with Crippen LogP contribution in [0.5, 0.6) is 0 Å². The van der Waals surface area contributed by atoms with Crippen molar-refractivity contribution in [3.8, 4) is 0 Å². The van der Waals surface area contributed by atoms with E-state index in [4.69, 9.17) is 9.73 Å². The molecule has 0 bridgehead atoms. The Hall–Kier alpha value is -1.60. The SMILES string of the molecule is CCNC(=NCC1CCCN1CC1CCCCC1)N1CCOC(c2cnn(C)c2)C1. The Morgan fingerprint density at radius 2 is 2.07 bits per heavy atom. The molecule has 3 fully saturated rings. The van der Waals surface area contributed by atoms with Gasteiger partial charge in [0.05, 0.1) is 25.9 Å². The molecule has 2 aliphatic heterocycles. The number of likely N-dealkylation sites (tertiary alicyclic amines) is 1. The van der Waals surface area contributed by atoms with Gasteiger partial charge in [-0.15, -0.1) is 0 Å². The monoisotopic (exact) mass is 416 g/mol. The molecule has 30 heavy (non-hydrogen) atoms. The Morgan fingerprint density at radius 1 is 1.20 bits per heavy atom. The number of hydrogen-bond donors (Lipinski definition) is 1. The molecule has 0 radical (unpaired) electrons. The molecule has 2 saturated heterocycles. The third kappa shape index (κ3) is 5.55. The summed E-state index contributed by atoms with van der Waals surface area (Å²) in [6, 6.07) is 0.607. The average Bonchev–Trinajstić information content (AvgIpc) is 3.41. The van der Waals surface area contributed by atoms with E-state index < -0.39 is 0 Å². The Bertz CT molecular complexity index is 683. The van der Waals surface area contributed by atoms with Gasteiger partial charge < -0.3 is 15.0 Å². The molecule has 1 aromatic rings. The number of aryl methyl sites for hydroxylation is 1. The lowest BCUT2D eigenvalue weighted by Gasteiger charge is -2.35. The van der Waals surface area contributed by atoms with Crippen LogP contribution >= 0.6 is 0 Å². The van der Waals surface area contributed by atoms with Crippen molar-refractivity contribution in [2.75, 3.05) is 45.9 Å². The maximum absolute atomic E-state index is 6.03. The average molecular weight is 417 g/mol. The van der Waals surface area contributed by atoms with Crippen LogP contribution in [0.25, 0.3) is 0 Å². The highest BCUT2D eigenvalue weighted by atomic mass is 16.5. The standard InChI is InChI=1S/C23H40N6O/c1-3-24-23(29-12-13-30-22(18-29)20-14-26-27(2)17-20)25-15-21-10-7-11-28(21)16-19-8-5-4-6-9-19/h14,17,19,21-22H,3-13,15-16,18H2,1-2H3,(H,24,25).